The Morgan fingerprint density at radius 1 is 0.897 bits per heavy atom. The highest BCUT2D eigenvalue weighted by molar-refractivity contribution is 6.31. The van der Waals surface area contributed by atoms with Gasteiger partial charge in [0, 0.05) is 5.69 Å². The van der Waals surface area contributed by atoms with Crippen LogP contribution in [0, 0.1) is 17.8 Å². The summed E-state index contributed by atoms with van der Waals surface area (Å²) in [5.74, 6) is -3.47. The molecule has 2 aromatic carbocycles. The van der Waals surface area contributed by atoms with Crippen LogP contribution >= 0.6 is 23.2 Å². The summed E-state index contributed by atoms with van der Waals surface area (Å²) in [6, 6.07) is 12.0. The van der Waals surface area contributed by atoms with Gasteiger partial charge in [-0.3, -0.25) is 19.3 Å². The largest absolute Gasteiger partial charge is 0.462 e. The number of carbonyl (C=O) groups is 5. The number of halogens is 2. The molecule has 1 saturated heterocycles. The highest BCUT2D eigenvalue weighted by atomic mass is 35.5. The average Bonchev–Trinajstić information content (AvgIpc) is 3.15. The monoisotopic (exact) mass is 574 g/mol. The SMILES string of the molecule is CC(C)COC(=O)c1ccc(NC(=O)COC(=O)c2cccc(N3C(=O)[C@@H]4C[C@H](Cl)[C@@H](Cl)C[C@H]4C3=O)c2)cc1. The number of hydrogen-bond acceptors (Lipinski definition) is 7. The molecule has 1 aliphatic carbocycles. The second-order valence-corrected chi connectivity index (χ2v) is 11.1. The number of hydrogen-bond donors (Lipinski definition) is 1. The van der Waals surface area contributed by atoms with Crippen LogP contribution in [0.25, 0.3) is 0 Å². The van der Waals surface area contributed by atoms with Crippen molar-refractivity contribution >= 4 is 64.2 Å². The Kier molecular flexibility index (Phi) is 8.92. The van der Waals surface area contributed by atoms with Crippen LogP contribution in [-0.2, 0) is 23.9 Å². The standard InChI is InChI=1S/C28H28Cl2N2O7/c1-15(2)13-38-27(36)16-6-8-18(9-7-16)31-24(33)14-39-28(37)17-4-3-5-19(10-17)32-25(34)20-11-22(29)23(30)12-21(20)26(32)35/h3-10,15,20-23H,11-14H2,1-2H3,(H,31,33)/t20-,21-,22+,23+/m1/s1. The van der Waals surface area contributed by atoms with Crippen molar-refractivity contribution in [3.05, 3.63) is 59.7 Å². The zero-order valence-electron chi connectivity index (χ0n) is 21.4. The van der Waals surface area contributed by atoms with Gasteiger partial charge < -0.3 is 14.8 Å². The van der Waals surface area contributed by atoms with E-state index in [0.29, 0.717) is 30.7 Å². The summed E-state index contributed by atoms with van der Waals surface area (Å²) < 4.78 is 10.3. The number of imide groups is 1. The first kappa shape index (κ1) is 28.6. The summed E-state index contributed by atoms with van der Waals surface area (Å²) in [7, 11) is 0. The number of ether oxygens (including phenoxy) is 2. The quantitative estimate of drug-likeness (QED) is 0.281. The number of benzene rings is 2. The first-order valence-electron chi connectivity index (χ1n) is 12.5. The summed E-state index contributed by atoms with van der Waals surface area (Å²) in [5, 5.41) is 1.78. The van der Waals surface area contributed by atoms with E-state index >= 15 is 0 Å². The highest BCUT2D eigenvalue weighted by Gasteiger charge is 2.52. The lowest BCUT2D eigenvalue weighted by Crippen LogP contribution is -2.34. The molecule has 4 rings (SSSR count). The van der Waals surface area contributed by atoms with E-state index in [-0.39, 0.29) is 29.0 Å². The lowest BCUT2D eigenvalue weighted by atomic mass is 9.80. The molecule has 9 nitrogen and oxygen atoms in total. The zero-order chi connectivity index (χ0) is 28.3. The smallest absolute Gasteiger partial charge is 0.338 e. The normalized spacial score (nSPS) is 22.4. The Bertz CT molecular complexity index is 1250. The number of alkyl halides is 2. The molecule has 206 valence electrons. The third kappa shape index (κ3) is 6.59. The van der Waals surface area contributed by atoms with Crippen LogP contribution in [0.2, 0.25) is 0 Å². The Labute approximate surface area is 235 Å². The minimum atomic E-state index is -0.798. The molecule has 1 N–H and O–H groups in total. The van der Waals surface area contributed by atoms with Gasteiger partial charge in [-0.25, -0.2) is 9.59 Å². The van der Waals surface area contributed by atoms with Crippen molar-refractivity contribution in [2.75, 3.05) is 23.4 Å². The molecule has 0 radical (unpaired) electrons. The van der Waals surface area contributed by atoms with E-state index in [9.17, 15) is 24.0 Å². The van der Waals surface area contributed by atoms with Gasteiger partial charge in [0.25, 0.3) is 5.91 Å². The number of esters is 2. The molecule has 2 aromatic rings. The van der Waals surface area contributed by atoms with Gasteiger partial charge >= 0.3 is 11.9 Å². The Hall–Kier alpha value is -3.43. The second-order valence-electron chi connectivity index (χ2n) is 9.97. The van der Waals surface area contributed by atoms with E-state index in [2.05, 4.69) is 5.32 Å². The van der Waals surface area contributed by atoms with E-state index in [1.165, 1.54) is 42.5 Å². The van der Waals surface area contributed by atoms with Crippen LogP contribution < -0.4 is 10.2 Å². The molecule has 39 heavy (non-hydrogen) atoms. The number of anilines is 2. The van der Waals surface area contributed by atoms with E-state index in [1.54, 1.807) is 6.07 Å². The molecule has 1 saturated carbocycles. The van der Waals surface area contributed by atoms with E-state index < -0.39 is 47.0 Å². The topological polar surface area (TPSA) is 119 Å². The molecular weight excluding hydrogens is 547 g/mol. The lowest BCUT2D eigenvalue weighted by molar-refractivity contribution is -0.122. The van der Waals surface area contributed by atoms with Crippen molar-refractivity contribution in [2.24, 2.45) is 17.8 Å². The Morgan fingerprint density at radius 2 is 1.49 bits per heavy atom. The van der Waals surface area contributed by atoms with Crippen LogP contribution in [0.5, 0.6) is 0 Å². The third-order valence-electron chi connectivity index (χ3n) is 6.54. The Balaban J connectivity index is 1.33. The van der Waals surface area contributed by atoms with Crippen LogP contribution in [-0.4, -0.2) is 53.6 Å². The molecule has 1 heterocycles. The Morgan fingerprint density at radius 3 is 2.08 bits per heavy atom. The average molecular weight is 575 g/mol. The third-order valence-corrected chi connectivity index (χ3v) is 7.63. The van der Waals surface area contributed by atoms with Crippen molar-refractivity contribution in [1.29, 1.82) is 0 Å². The minimum absolute atomic E-state index is 0.0745. The van der Waals surface area contributed by atoms with Gasteiger partial charge in [0.15, 0.2) is 6.61 Å². The fourth-order valence-corrected chi connectivity index (χ4v) is 5.14. The molecule has 11 heteroatoms. The molecular formula is C28H28Cl2N2O7. The number of carbonyl (C=O) groups excluding carboxylic acids is 5. The number of nitrogens with zero attached hydrogens (tertiary/aromatic N) is 1. The molecule has 0 bridgehead atoms. The summed E-state index contributed by atoms with van der Waals surface area (Å²) in [4.78, 5) is 64.0. The molecule has 2 fully saturated rings. The van der Waals surface area contributed by atoms with Gasteiger partial charge in [0.05, 0.1) is 46.0 Å². The van der Waals surface area contributed by atoms with Gasteiger partial charge in [-0.2, -0.15) is 0 Å². The van der Waals surface area contributed by atoms with Gasteiger partial charge in [0.1, 0.15) is 0 Å². The summed E-state index contributed by atoms with van der Waals surface area (Å²) in [6.45, 7) is 3.60. The number of fused-ring (bicyclic) bond motifs is 1. The van der Waals surface area contributed by atoms with Gasteiger partial charge in [-0.05, 0) is 61.2 Å². The second kappa shape index (κ2) is 12.2. The van der Waals surface area contributed by atoms with Crippen molar-refractivity contribution in [1.82, 2.24) is 0 Å². The summed E-state index contributed by atoms with van der Waals surface area (Å²) in [5.41, 5.74) is 1.07. The van der Waals surface area contributed by atoms with Gasteiger partial charge in [0.2, 0.25) is 11.8 Å². The maximum Gasteiger partial charge on any atom is 0.338 e. The molecule has 1 aliphatic heterocycles. The van der Waals surface area contributed by atoms with E-state index in [4.69, 9.17) is 32.7 Å². The first-order chi connectivity index (χ1) is 18.5. The molecule has 0 spiro atoms. The lowest BCUT2D eigenvalue weighted by Gasteiger charge is -2.28. The molecule has 0 aromatic heterocycles. The van der Waals surface area contributed by atoms with Crippen LogP contribution in [0.15, 0.2) is 48.5 Å². The fourth-order valence-electron chi connectivity index (χ4n) is 4.55. The zero-order valence-corrected chi connectivity index (χ0v) is 22.9. The van der Waals surface area contributed by atoms with Crippen molar-refractivity contribution in [3.8, 4) is 0 Å². The maximum atomic E-state index is 13.0. The molecule has 3 amide bonds. The van der Waals surface area contributed by atoms with Crippen molar-refractivity contribution in [2.45, 2.75) is 37.4 Å². The summed E-state index contributed by atoms with van der Waals surface area (Å²) in [6.07, 6.45) is 0.618. The minimum Gasteiger partial charge on any atom is -0.462 e. The first-order valence-corrected chi connectivity index (χ1v) is 13.4. The van der Waals surface area contributed by atoms with Crippen LogP contribution in [0.4, 0.5) is 11.4 Å². The van der Waals surface area contributed by atoms with Crippen molar-refractivity contribution < 1.29 is 33.4 Å². The van der Waals surface area contributed by atoms with Crippen LogP contribution in [0.1, 0.15) is 47.4 Å². The van der Waals surface area contributed by atoms with Crippen LogP contribution in [0.3, 0.4) is 0 Å². The number of amides is 3. The van der Waals surface area contributed by atoms with Crippen molar-refractivity contribution in [3.63, 3.8) is 0 Å². The summed E-state index contributed by atoms with van der Waals surface area (Å²) >= 11 is 12.5. The fraction of sp³-hybridized carbons (Fsp3) is 0.393. The molecule has 4 atom stereocenters. The predicted octanol–water partition coefficient (Wildman–Crippen LogP) is 4.41. The van der Waals surface area contributed by atoms with E-state index in [1.807, 2.05) is 13.8 Å². The predicted molar refractivity (Wildman–Crippen MR) is 145 cm³/mol. The molecule has 2 aliphatic rings. The number of nitrogens with one attached hydrogen (secondary N) is 1. The van der Waals surface area contributed by atoms with Gasteiger partial charge in [-0.1, -0.05) is 19.9 Å². The number of rotatable bonds is 8. The molecule has 0 unspecified atom stereocenters. The maximum absolute atomic E-state index is 13.0. The van der Waals surface area contributed by atoms with E-state index in [0.717, 1.165) is 4.90 Å². The van der Waals surface area contributed by atoms with Gasteiger partial charge in [-0.15, -0.1) is 23.2 Å². The highest BCUT2D eigenvalue weighted by Crippen LogP contribution is 2.43.